The quantitative estimate of drug-likeness (QED) is 0.879. The predicted octanol–water partition coefficient (Wildman–Crippen LogP) is 3.31. The van der Waals surface area contributed by atoms with Crippen LogP contribution in [0.4, 0.5) is 5.69 Å². The zero-order valence-electron chi connectivity index (χ0n) is 10.6. The largest absolute Gasteiger partial charge is 0.384 e. The lowest BCUT2D eigenvalue weighted by atomic mass is 10.1. The summed E-state index contributed by atoms with van der Waals surface area (Å²) in [5, 5.41) is 9.08. The van der Waals surface area contributed by atoms with Crippen LogP contribution in [-0.4, -0.2) is 6.54 Å². The van der Waals surface area contributed by atoms with Crippen molar-refractivity contribution in [1.29, 1.82) is 0 Å². The van der Waals surface area contributed by atoms with Gasteiger partial charge in [-0.2, -0.15) is 0 Å². The zero-order chi connectivity index (χ0) is 12.4. The molecular formula is C15H18N2S. The Morgan fingerprint density at radius 1 is 1.28 bits per heavy atom. The highest BCUT2D eigenvalue weighted by Crippen LogP contribution is 2.23. The van der Waals surface area contributed by atoms with Crippen molar-refractivity contribution in [3.05, 3.63) is 51.2 Å². The van der Waals surface area contributed by atoms with E-state index >= 15 is 0 Å². The Morgan fingerprint density at radius 2 is 2.22 bits per heavy atom. The Kier molecular flexibility index (Phi) is 3.35. The molecule has 1 aliphatic rings. The molecule has 1 aliphatic heterocycles. The molecule has 94 valence electrons. The van der Waals surface area contributed by atoms with E-state index in [1.807, 2.05) is 11.3 Å². The number of nitrogens with one attached hydrogen (secondary N) is 2. The van der Waals surface area contributed by atoms with Gasteiger partial charge in [-0.3, -0.25) is 0 Å². The third-order valence-corrected chi connectivity index (χ3v) is 4.49. The molecule has 0 bridgehead atoms. The maximum atomic E-state index is 3.53. The molecule has 18 heavy (non-hydrogen) atoms. The van der Waals surface area contributed by atoms with E-state index in [2.05, 4.69) is 47.2 Å². The van der Waals surface area contributed by atoms with Crippen LogP contribution in [0.15, 0.2) is 29.6 Å². The molecule has 2 N–H and O–H groups in total. The van der Waals surface area contributed by atoms with E-state index in [9.17, 15) is 0 Å². The molecule has 2 heterocycles. The molecule has 0 unspecified atom stereocenters. The van der Waals surface area contributed by atoms with Crippen LogP contribution in [-0.2, 0) is 19.5 Å². The van der Waals surface area contributed by atoms with Gasteiger partial charge >= 0.3 is 0 Å². The predicted molar refractivity (Wildman–Crippen MR) is 78.2 cm³/mol. The highest BCUT2D eigenvalue weighted by Gasteiger charge is 2.09. The van der Waals surface area contributed by atoms with Crippen molar-refractivity contribution in [2.75, 3.05) is 11.9 Å². The van der Waals surface area contributed by atoms with Crippen LogP contribution in [0.3, 0.4) is 0 Å². The molecule has 3 rings (SSSR count). The lowest BCUT2D eigenvalue weighted by Crippen LogP contribution is -2.12. The number of hydrogen-bond donors (Lipinski definition) is 2. The van der Waals surface area contributed by atoms with Crippen LogP contribution >= 0.6 is 11.3 Å². The van der Waals surface area contributed by atoms with Crippen molar-refractivity contribution >= 4 is 17.0 Å². The standard InChI is InChI=1S/C15H18N2S/c1-11-5-7-18-15(11)10-16-9-12-2-3-14-13(8-12)4-6-17-14/h2-3,5,7-8,16-17H,4,6,9-10H2,1H3. The van der Waals surface area contributed by atoms with E-state index in [0.29, 0.717) is 0 Å². The van der Waals surface area contributed by atoms with Crippen LogP contribution in [0.2, 0.25) is 0 Å². The minimum atomic E-state index is 0.949. The smallest absolute Gasteiger partial charge is 0.0373 e. The summed E-state index contributed by atoms with van der Waals surface area (Å²) < 4.78 is 0. The molecule has 3 heteroatoms. The fourth-order valence-electron chi connectivity index (χ4n) is 2.37. The van der Waals surface area contributed by atoms with Crippen LogP contribution < -0.4 is 10.6 Å². The summed E-state index contributed by atoms with van der Waals surface area (Å²) in [5.41, 5.74) is 5.55. The molecule has 2 nitrogen and oxygen atoms in total. The number of aryl methyl sites for hydroxylation is 1. The first kappa shape index (κ1) is 11.8. The minimum absolute atomic E-state index is 0.949. The second-order valence-corrected chi connectivity index (χ2v) is 5.80. The topological polar surface area (TPSA) is 24.1 Å². The van der Waals surface area contributed by atoms with Gasteiger partial charge in [-0.05, 0) is 47.5 Å². The van der Waals surface area contributed by atoms with Gasteiger partial charge in [0.25, 0.3) is 0 Å². The van der Waals surface area contributed by atoms with E-state index in [1.165, 1.54) is 27.3 Å². The van der Waals surface area contributed by atoms with E-state index in [4.69, 9.17) is 0 Å². The summed E-state index contributed by atoms with van der Waals surface area (Å²) in [6.07, 6.45) is 1.16. The number of anilines is 1. The van der Waals surface area contributed by atoms with Gasteiger partial charge in [-0.15, -0.1) is 11.3 Å². The molecular weight excluding hydrogens is 240 g/mol. The van der Waals surface area contributed by atoms with E-state index in [0.717, 1.165) is 26.1 Å². The molecule has 0 aliphatic carbocycles. The Labute approximate surface area is 112 Å². The lowest BCUT2D eigenvalue weighted by Gasteiger charge is -2.07. The number of benzene rings is 1. The van der Waals surface area contributed by atoms with Crippen LogP contribution in [0, 0.1) is 6.92 Å². The van der Waals surface area contributed by atoms with Gasteiger partial charge < -0.3 is 10.6 Å². The molecule has 0 amide bonds. The van der Waals surface area contributed by atoms with Crippen molar-refractivity contribution in [3.8, 4) is 0 Å². The van der Waals surface area contributed by atoms with Crippen molar-refractivity contribution < 1.29 is 0 Å². The second kappa shape index (κ2) is 5.12. The molecule has 2 aromatic rings. The summed E-state index contributed by atoms with van der Waals surface area (Å²) in [4.78, 5) is 1.44. The molecule has 0 atom stereocenters. The van der Waals surface area contributed by atoms with Gasteiger partial charge in [0.05, 0.1) is 0 Å². The van der Waals surface area contributed by atoms with Crippen LogP contribution in [0.5, 0.6) is 0 Å². The first-order valence-electron chi connectivity index (χ1n) is 6.42. The third kappa shape index (κ3) is 2.42. The summed E-state index contributed by atoms with van der Waals surface area (Å²) in [6, 6.07) is 8.92. The average molecular weight is 258 g/mol. The van der Waals surface area contributed by atoms with Crippen molar-refractivity contribution in [2.45, 2.75) is 26.4 Å². The minimum Gasteiger partial charge on any atom is -0.384 e. The van der Waals surface area contributed by atoms with Crippen LogP contribution in [0.25, 0.3) is 0 Å². The molecule has 0 fully saturated rings. The highest BCUT2D eigenvalue weighted by atomic mass is 32.1. The molecule has 0 radical (unpaired) electrons. The van der Waals surface area contributed by atoms with Gasteiger partial charge in [0.1, 0.15) is 0 Å². The average Bonchev–Trinajstić information content (AvgIpc) is 2.98. The summed E-state index contributed by atoms with van der Waals surface area (Å²) in [5.74, 6) is 0. The third-order valence-electron chi connectivity index (χ3n) is 3.46. The fourth-order valence-corrected chi connectivity index (χ4v) is 3.25. The fraction of sp³-hybridized carbons (Fsp3) is 0.333. The lowest BCUT2D eigenvalue weighted by molar-refractivity contribution is 0.698. The Balaban J connectivity index is 1.59. The summed E-state index contributed by atoms with van der Waals surface area (Å²) >= 11 is 1.83. The van der Waals surface area contributed by atoms with Crippen molar-refractivity contribution in [2.24, 2.45) is 0 Å². The molecule has 1 aromatic carbocycles. The highest BCUT2D eigenvalue weighted by molar-refractivity contribution is 7.10. The Bertz CT molecular complexity index is 545. The number of thiophene rings is 1. The number of fused-ring (bicyclic) bond motifs is 1. The van der Waals surface area contributed by atoms with Gasteiger partial charge in [0, 0.05) is 30.2 Å². The molecule has 0 saturated carbocycles. The van der Waals surface area contributed by atoms with Crippen molar-refractivity contribution in [3.63, 3.8) is 0 Å². The zero-order valence-corrected chi connectivity index (χ0v) is 11.4. The Hall–Kier alpha value is -1.32. The van der Waals surface area contributed by atoms with E-state index in [-0.39, 0.29) is 0 Å². The van der Waals surface area contributed by atoms with Crippen LogP contribution in [0.1, 0.15) is 21.6 Å². The maximum absolute atomic E-state index is 3.53. The summed E-state index contributed by atoms with van der Waals surface area (Å²) in [6.45, 7) is 5.18. The van der Waals surface area contributed by atoms with Gasteiger partial charge in [0.2, 0.25) is 0 Å². The number of hydrogen-bond acceptors (Lipinski definition) is 3. The van der Waals surface area contributed by atoms with E-state index in [1.54, 1.807) is 0 Å². The maximum Gasteiger partial charge on any atom is 0.0373 e. The van der Waals surface area contributed by atoms with Crippen molar-refractivity contribution in [1.82, 2.24) is 5.32 Å². The molecule has 0 saturated heterocycles. The normalized spacial score (nSPS) is 13.4. The Morgan fingerprint density at radius 3 is 3.06 bits per heavy atom. The number of rotatable bonds is 4. The first-order chi connectivity index (χ1) is 8.83. The van der Waals surface area contributed by atoms with Gasteiger partial charge in [-0.25, -0.2) is 0 Å². The monoisotopic (exact) mass is 258 g/mol. The van der Waals surface area contributed by atoms with Gasteiger partial charge in [-0.1, -0.05) is 12.1 Å². The first-order valence-corrected chi connectivity index (χ1v) is 7.30. The van der Waals surface area contributed by atoms with Gasteiger partial charge in [0.15, 0.2) is 0 Å². The second-order valence-electron chi connectivity index (χ2n) is 4.80. The molecule has 0 spiro atoms. The summed E-state index contributed by atoms with van der Waals surface area (Å²) in [7, 11) is 0. The van der Waals surface area contributed by atoms with E-state index < -0.39 is 0 Å². The SMILES string of the molecule is Cc1ccsc1CNCc1ccc2c(c1)CCN2. The molecule has 1 aromatic heterocycles.